The molecule has 0 aliphatic rings. The molecule has 0 saturated heterocycles. The van der Waals surface area contributed by atoms with Crippen molar-refractivity contribution in [3.05, 3.63) is 29.8 Å². The van der Waals surface area contributed by atoms with E-state index in [1.807, 2.05) is 7.05 Å². The Morgan fingerprint density at radius 1 is 1.23 bits per heavy atom. The minimum atomic E-state index is -4.64. The number of unbranched alkanes of at least 4 members (excludes halogenated alkanes) is 3. The SMILES string of the molecule is CNCCCCCCN=C/C(CC(OC(C)=O)c1ccc(OP(=O)(O)O)cc1)=N\N. The lowest BCUT2D eigenvalue weighted by atomic mass is 10.0. The molecule has 1 aromatic rings. The normalized spacial score (nSPS) is 13.4. The molecule has 0 fully saturated rings. The summed E-state index contributed by atoms with van der Waals surface area (Å²) in [4.78, 5) is 33.6. The number of aliphatic imine (C=N–C) groups is 1. The summed E-state index contributed by atoms with van der Waals surface area (Å²) in [7, 11) is -2.71. The molecular weight excluding hydrogens is 411 g/mol. The Labute approximate surface area is 176 Å². The number of nitrogens with zero attached hydrogens (tertiary/aromatic N) is 2. The van der Waals surface area contributed by atoms with Gasteiger partial charge in [0, 0.05) is 26.1 Å². The molecule has 0 heterocycles. The first-order valence-electron chi connectivity index (χ1n) is 9.68. The minimum absolute atomic E-state index is 0.00217. The third-order valence-corrected chi connectivity index (χ3v) is 4.50. The zero-order valence-corrected chi connectivity index (χ0v) is 18.3. The van der Waals surface area contributed by atoms with Gasteiger partial charge in [-0.1, -0.05) is 25.0 Å². The standard InChI is InChI=1S/C19H31N4O6P/c1-15(24)28-19(16-7-9-18(10-8-16)29-30(25,26)27)13-17(23-20)14-22-12-6-4-3-5-11-21-2/h7-10,14,19,21H,3-6,11-13,20H2,1-2H3,(H2,25,26,27)/b22-14?,23-17-. The fourth-order valence-electron chi connectivity index (χ4n) is 2.67. The van der Waals surface area contributed by atoms with Crippen LogP contribution in [0, 0.1) is 0 Å². The van der Waals surface area contributed by atoms with Gasteiger partial charge >= 0.3 is 13.8 Å². The van der Waals surface area contributed by atoms with Crippen molar-refractivity contribution in [1.82, 2.24) is 5.32 Å². The Bertz CT molecular complexity index is 748. The fraction of sp³-hybridized carbons (Fsp3) is 0.526. The highest BCUT2D eigenvalue weighted by Gasteiger charge is 2.19. The van der Waals surface area contributed by atoms with Gasteiger partial charge in [0.05, 0.1) is 5.71 Å². The molecule has 0 radical (unpaired) electrons. The zero-order valence-electron chi connectivity index (χ0n) is 17.4. The van der Waals surface area contributed by atoms with Gasteiger partial charge in [0.25, 0.3) is 0 Å². The number of rotatable bonds is 14. The van der Waals surface area contributed by atoms with Crippen molar-refractivity contribution in [3.63, 3.8) is 0 Å². The molecule has 0 aliphatic heterocycles. The van der Waals surface area contributed by atoms with Crippen LogP contribution in [-0.4, -0.2) is 47.8 Å². The predicted octanol–water partition coefficient (Wildman–Crippen LogP) is 2.32. The van der Waals surface area contributed by atoms with Crippen LogP contribution in [0.2, 0.25) is 0 Å². The van der Waals surface area contributed by atoms with Crippen molar-refractivity contribution < 1.29 is 28.4 Å². The third-order valence-electron chi connectivity index (χ3n) is 4.05. The van der Waals surface area contributed by atoms with Gasteiger partial charge in [0.1, 0.15) is 11.9 Å². The van der Waals surface area contributed by atoms with E-state index in [9.17, 15) is 9.36 Å². The highest BCUT2D eigenvalue weighted by atomic mass is 31.2. The molecule has 0 amide bonds. The number of esters is 1. The smallest absolute Gasteiger partial charge is 0.457 e. The first kappa shape index (κ1) is 25.8. The monoisotopic (exact) mass is 442 g/mol. The van der Waals surface area contributed by atoms with E-state index < -0.39 is 19.9 Å². The van der Waals surface area contributed by atoms with E-state index in [-0.39, 0.29) is 12.2 Å². The van der Waals surface area contributed by atoms with E-state index in [0.29, 0.717) is 17.8 Å². The van der Waals surface area contributed by atoms with E-state index in [4.69, 9.17) is 20.4 Å². The van der Waals surface area contributed by atoms with E-state index in [2.05, 4.69) is 19.9 Å². The lowest BCUT2D eigenvalue weighted by Gasteiger charge is -2.17. The van der Waals surface area contributed by atoms with Crippen LogP contribution in [0.4, 0.5) is 0 Å². The molecule has 0 aromatic heterocycles. The second kappa shape index (κ2) is 13.9. The second-order valence-electron chi connectivity index (χ2n) is 6.63. The van der Waals surface area contributed by atoms with Crippen LogP contribution >= 0.6 is 7.82 Å². The molecule has 1 aromatic carbocycles. The summed E-state index contributed by atoms with van der Waals surface area (Å²) >= 11 is 0. The minimum Gasteiger partial charge on any atom is -0.457 e. The number of nitrogens with two attached hydrogens (primary N) is 1. The molecule has 0 spiro atoms. The van der Waals surface area contributed by atoms with Crippen LogP contribution in [0.3, 0.4) is 0 Å². The molecule has 11 heteroatoms. The average Bonchev–Trinajstić information content (AvgIpc) is 2.67. The van der Waals surface area contributed by atoms with Crippen LogP contribution in [0.1, 0.15) is 50.7 Å². The van der Waals surface area contributed by atoms with Crippen LogP contribution in [-0.2, 0) is 14.1 Å². The number of hydrazone groups is 1. The number of phosphoric ester groups is 1. The maximum absolute atomic E-state index is 11.5. The van der Waals surface area contributed by atoms with Crippen LogP contribution < -0.4 is 15.7 Å². The van der Waals surface area contributed by atoms with Gasteiger partial charge in [-0.15, -0.1) is 0 Å². The van der Waals surface area contributed by atoms with Gasteiger partial charge in [-0.05, 0) is 44.1 Å². The molecule has 1 atom stereocenters. The van der Waals surface area contributed by atoms with E-state index in [0.717, 1.165) is 32.2 Å². The Kier molecular flexibility index (Phi) is 11.9. The number of carbonyl (C=O) groups excluding carboxylic acids is 1. The molecule has 1 unspecified atom stereocenters. The molecular formula is C19H31N4O6P. The summed E-state index contributed by atoms with van der Waals surface area (Å²) in [6.45, 7) is 2.96. The summed E-state index contributed by atoms with van der Waals surface area (Å²) in [6.07, 6.45) is 5.44. The van der Waals surface area contributed by atoms with E-state index in [1.54, 1.807) is 18.3 Å². The lowest BCUT2D eigenvalue weighted by molar-refractivity contribution is -0.146. The molecule has 168 valence electrons. The van der Waals surface area contributed by atoms with Gasteiger partial charge in [0.2, 0.25) is 0 Å². The Morgan fingerprint density at radius 3 is 2.47 bits per heavy atom. The number of hydrogen-bond acceptors (Lipinski definition) is 8. The summed E-state index contributed by atoms with van der Waals surface area (Å²) in [5.41, 5.74) is 1.06. The number of ether oxygens (including phenoxy) is 1. The van der Waals surface area contributed by atoms with Gasteiger partial charge in [-0.25, -0.2) is 4.57 Å². The molecule has 0 saturated carbocycles. The molecule has 5 N–H and O–H groups in total. The average molecular weight is 442 g/mol. The molecule has 0 bridgehead atoms. The lowest BCUT2D eigenvalue weighted by Crippen LogP contribution is -2.15. The number of phosphoric acid groups is 1. The highest BCUT2D eigenvalue weighted by molar-refractivity contribution is 7.46. The van der Waals surface area contributed by atoms with Crippen molar-refractivity contribution in [3.8, 4) is 5.75 Å². The maximum Gasteiger partial charge on any atom is 0.524 e. The number of benzene rings is 1. The van der Waals surface area contributed by atoms with Gasteiger partial charge in [-0.3, -0.25) is 19.6 Å². The fourth-order valence-corrected chi connectivity index (χ4v) is 3.06. The summed E-state index contributed by atoms with van der Waals surface area (Å²) in [5, 5.41) is 6.84. The van der Waals surface area contributed by atoms with Crippen LogP contribution in [0.25, 0.3) is 0 Å². The van der Waals surface area contributed by atoms with Crippen molar-refractivity contribution in [2.75, 3.05) is 20.1 Å². The second-order valence-corrected chi connectivity index (χ2v) is 7.79. The Balaban J connectivity index is 2.68. The van der Waals surface area contributed by atoms with Crippen molar-refractivity contribution in [2.45, 2.75) is 45.1 Å². The third kappa shape index (κ3) is 11.7. The van der Waals surface area contributed by atoms with Crippen molar-refractivity contribution >= 4 is 25.7 Å². The summed E-state index contributed by atoms with van der Waals surface area (Å²) in [6, 6.07) is 5.86. The number of carbonyl (C=O) groups is 1. The molecule has 30 heavy (non-hydrogen) atoms. The van der Waals surface area contributed by atoms with Crippen LogP contribution in [0.15, 0.2) is 34.4 Å². The largest absolute Gasteiger partial charge is 0.524 e. The van der Waals surface area contributed by atoms with E-state index in [1.165, 1.54) is 19.1 Å². The Morgan fingerprint density at radius 2 is 1.90 bits per heavy atom. The number of nitrogens with one attached hydrogen (secondary N) is 1. The van der Waals surface area contributed by atoms with Gasteiger partial charge in [0.15, 0.2) is 0 Å². The molecule has 1 rings (SSSR count). The number of hydrogen-bond donors (Lipinski definition) is 4. The highest BCUT2D eigenvalue weighted by Crippen LogP contribution is 2.38. The molecule has 10 nitrogen and oxygen atoms in total. The van der Waals surface area contributed by atoms with Crippen LogP contribution in [0.5, 0.6) is 5.75 Å². The summed E-state index contributed by atoms with van der Waals surface area (Å²) in [5.74, 6) is 4.98. The zero-order chi connectivity index (χ0) is 22.4. The molecule has 0 aliphatic carbocycles. The van der Waals surface area contributed by atoms with Crippen molar-refractivity contribution in [2.24, 2.45) is 15.9 Å². The topological polar surface area (TPSA) is 156 Å². The van der Waals surface area contributed by atoms with Gasteiger partial charge < -0.3 is 20.4 Å². The Hall–Kier alpha value is -2.26. The van der Waals surface area contributed by atoms with Crippen molar-refractivity contribution in [1.29, 1.82) is 0 Å². The van der Waals surface area contributed by atoms with Gasteiger partial charge in [-0.2, -0.15) is 5.10 Å². The first-order valence-corrected chi connectivity index (χ1v) is 11.2. The maximum atomic E-state index is 11.5. The predicted molar refractivity (Wildman–Crippen MR) is 116 cm³/mol. The first-order chi connectivity index (χ1) is 14.2. The summed E-state index contributed by atoms with van der Waals surface area (Å²) < 4.78 is 20.8. The quantitative estimate of drug-likeness (QED) is 0.0854. The van der Waals surface area contributed by atoms with E-state index >= 15 is 0 Å².